The van der Waals surface area contributed by atoms with Crippen molar-refractivity contribution in [1.82, 2.24) is 24.3 Å². The molecule has 7 heteroatoms. The summed E-state index contributed by atoms with van der Waals surface area (Å²) in [6, 6.07) is -0.0643. The molecule has 2 amide bonds. The second-order valence-electron chi connectivity index (χ2n) is 7.09. The van der Waals surface area contributed by atoms with Gasteiger partial charge in [-0.3, -0.25) is 9.59 Å². The lowest BCUT2D eigenvalue weighted by Gasteiger charge is -2.35. The number of amides is 2. The van der Waals surface area contributed by atoms with Crippen molar-refractivity contribution in [3.8, 4) is 0 Å². The molecule has 0 aromatic carbocycles. The monoisotopic (exact) mass is 333 g/mol. The van der Waals surface area contributed by atoms with E-state index in [1.807, 2.05) is 23.3 Å². The molecule has 1 aromatic rings. The maximum atomic E-state index is 12.9. The zero-order chi connectivity index (χ0) is 17.3. The molecule has 2 aliphatic rings. The van der Waals surface area contributed by atoms with Crippen molar-refractivity contribution in [2.45, 2.75) is 38.8 Å². The molecule has 0 unspecified atom stereocenters. The van der Waals surface area contributed by atoms with Crippen LogP contribution in [0.2, 0.25) is 0 Å². The lowest BCUT2D eigenvalue weighted by atomic mass is 10.1. The van der Waals surface area contributed by atoms with Crippen molar-refractivity contribution in [2.24, 2.45) is 0 Å². The van der Waals surface area contributed by atoms with Gasteiger partial charge in [0.1, 0.15) is 11.7 Å². The van der Waals surface area contributed by atoms with Gasteiger partial charge in [-0.2, -0.15) is 0 Å². The molecule has 7 nitrogen and oxygen atoms in total. The normalized spacial score (nSPS) is 22.4. The quantitative estimate of drug-likeness (QED) is 0.822. The van der Waals surface area contributed by atoms with Crippen LogP contribution in [0.3, 0.4) is 0 Å². The van der Waals surface area contributed by atoms with Crippen LogP contribution >= 0.6 is 0 Å². The number of imidazole rings is 1. The van der Waals surface area contributed by atoms with Crippen LogP contribution in [0.1, 0.15) is 43.2 Å². The SMILES string of the molecule is CC(C)n1cnc(C(=O)N2CCC[C@H]2C(=O)N2CCN(C)CC2)c1. The van der Waals surface area contributed by atoms with Gasteiger partial charge in [0, 0.05) is 45.0 Å². The zero-order valence-corrected chi connectivity index (χ0v) is 14.8. The first-order valence-corrected chi connectivity index (χ1v) is 8.79. The number of hydrogen-bond donors (Lipinski definition) is 0. The van der Waals surface area contributed by atoms with Crippen molar-refractivity contribution in [3.63, 3.8) is 0 Å². The van der Waals surface area contributed by atoms with E-state index in [-0.39, 0.29) is 23.9 Å². The highest BCUT2D eigenvalue weighted by molar-refractivity contribution is 5.96. The van der Waals surface area contributed by atoms with Crippen LogP contribution in [0.25, 0.3) is 0 Å². The lowest BCUT2D eigenvalue weighted by molar-refractivity contribution is -0.136. The van der Waals surface area contributed by atoms with Gasteiger partial charge < -0.3 is 19.3 Å². The first kappa shape index (κ1) is 17.0. The summed E-state index contributed by atoms with van der Waals surface area (Å²) in [4.78, 5) is 35.7. The van der Waals surface area contributed by atoms with Crippen LogP contribution in [-0.2, 0) is 4.79 Å². The first-order valence-electron chi connectivity index (χ1n) is 8.79. The fourth-order valence-electron chi connectivity index (χ4n) is 3.38. The van der Waals surface area contributed by atoms with Gasteiger partial charge in [-0.1, -0.05) is 0 Å². The van der Waals surface area contributed by atoms with Crippen molar-refractivity contribution in [3.05, 3.63) is 18.2 Å². The highest BCUT2D eigenvalue weighted by Gasteiger charge is 2.38. The summed E-state index contributed by atoms with van der Waals surface area (Å²) in [5.74, 6) is -0.0309. The number of aromatic nitrogens is 2. The Balaban J connectivity index is 1.70. The van der Waals surface area contributed by atoms with Crippen LogP contribution in [0.5, 0.6) is 0 Å². The van der Waals surface area contributed by atoms with Crippen molar-refractivity contribution in [2.75, 3.05) is 39.8 Å². The summed E-state index contributed by atoms with van der Waals surface area (Å²) in [6.07, 6.45) is 5.09. The van der Waals surface area contributed by atoms with Gasteiger partial charge >= 0.3 is 0 Å². The number of carbonyl (C=O) groups excluding carboxylic acids is 2. The molecule has 2 fully saturated rings. The number of hydrogen-bond acceptors (Lipinski definition) is 4. The Bertz CT molecular complexity index is 604. The van der Waals surface area contributed by atoms with Gasteiger partial charge in [0.05, 0.1) is 6.33 Å². The molecule has 24 heavy (non-hydrogen) atoms. The van der Waals surface area contributed by atoms with E-state index < -0.39 is 0 Å². The molecular formula is C17H27N5O2. The Morgan fingerprint density at radius 3 is 2.50 bits per heavy atom. The highest BCUT2D eigenvalue weighted by Crippen LogP contribution is 2.22. The number of rotatable bonds is 3. The predicted octanol–water partition coefficient (Wildman–Crippen LogP) is 0.843. The highest BCUT2D eigenvalue weighted by atomic mass is 16.2. The van der Waals surface area contributed by atoms with Gasteiger partial charge in [0.2, 0.25) is 5.91 Å². The first-order chi connectivity index (χ1) is 11.5. The Morgan fingerprint density at radius 2 is 1.88 bits per heavy atom. The smallest absolute Gasteiger partial charge is 0.274 e. The van der Waals surface area contributed by atoms with E-state index in [9.17, 15) is 9.59 Å². The summed E-state index contributed by atoms with van der Waals surface area (Å²) in [6.45, 7) is 8.01. The summed E-state index contributed by atoms with van der Waals surface area (Å²) in [5, 5.41) is 0. The lowest BCUT2D eigenvalue weighted by Crippen LogP contribution is -2.53. The number of carbonyl (C=O) groups is 2. The molecule has 0 spiro atoms. The van der Waals surface area contributed by atoms with Crippen LogP contribution in [0.15, 0.2) is 12.5 Å². The van der Waals surface area contributed by atoms with Crippen molar-refractivity contribution < 1.29 is 9.59 Å². The third-order valence-corrected chi connectivity index (χ3v) is 5.03. The summed E-state index contributed by atoms with van der Waals surface area (Å²) in [5.41, 5.74) is 0.432. The molecule has 0 saturated carbocycles. The van der Waals surface area contributed by atoms with Gasteiger partial charge in [0.15, 0.2) is 0 Å². The average molecular weight is 333 g/mol. The van der Waals surface area contributed by atoms with Crippen molar-refractivity contribution >= 4 is 11.8 Å². The second-order valence-corrected chi connectivity index (χ2v) is 7.09. The molecule has 1 atom stereocenters. The molecule has 2 aliphatic heterocycles. The standard InChI is InChI=1S/C17H27N5O2/c1-13(2)21-11-14(18-12-21)16(23)22-6-4-5-15(22)17(24)20-9-7-19(3)8-10-20/h11-13,15H,4-10H2,1-3H3/t15-/m0/s1. The molecule has 2 saturated heterocycles. The third kappa shape index (κ3) is 3.31. The van der Waals surface area contributed by atoms with E-state index >= 15 is 0 Å². The largest absolute Gasteiger partial charge is 0.338 e. The van der Waals surface area contributed by atoms with Gasteiger partial charge in [-0.15, -0.1) is 0 Å². The topological polar surface area (TPSA) is 61.7 Å². The Hall–Kier alpha value is -1.89. The molecule has 1 aromatic heterocycles. The van der Waals surface area contributed by atoms with Gasteiger partial charge in [-0.05, 0) is 33.7 Å². The summed E-state index contributed by atoms with van der Waals surface area (Å²) >= 11 is 0. The minimum atomic E-state index is -0.329. The second kappa shape index (κ2) is 6.93. The molecule has 0 N–H and O–H groups in total. The fraction of sp³-hybridized carbons (Fsp3) is 0.706. The molecule has 0 aliphatic carbocycles. The molecular weight excluding hydrogens is 306 g/mol. The van der Waals surface area contributed by atoms with E-state index in [0.29, 0.717) is 12.2 Å². The van der Waals surface area contributed by atoms with Crippen molar-refractivity contribution in [1.29, 1.82) is 0 Å². The average Bonchev–Trinajstić information content (AvgIpc) is 3.24. The molecule has 0 bridgehead atoms. The predicted molar refractivity (Wildman–Crippen MR) is 90.7 cm³/mol. The van der Waals surface area contributed by atoms with E-state index in [1.54, 1.807) is 17.4 Å². The Kier molecular flexibility index (Phi) is 4.89. The van der Waals surface area contributed by atoms with E-state index in [2.05, 4.69) is 16.9 Å². The van der Waals surface area contributed by atoms with Gasteiger partial charge in [0.25, 0.3) is 5.91 Å². The Morgan fingerprint density at radius 1 is 1.17 bits per heavy atom. The van der Waals surface area contributed by atoms with Crippen LogP contribution in [-0.4, -0.2) is 81.9 Å². The van der Waals surface area contributed by atoms with E-state index in [1.165, 1.54) is 0 Å². The molecule has 132 valence electrons. The molecule has 3 heterocycles. The van der Waals surface area contributed by atoms with Crippen LogP contribution < -0.4 is 0 Å². The zero-order valence-electron chi connectivity index (χ0n) is 14.8. The maximum absolute atomic E-state index is 12.9. The molecule has 3 rings (SSSR count). The van der Waals surface area contributed by atoms with E-state index in [4.69, 9.17) is 0 Å². The number of piperazine rings is 1. The van der Waals surface area contributed by atoms with Crippen LogP contribution in [0.4, 0.5) is 0 Å². The number of likely N-dealkylation sites (N-methyl/N-ethyl adjacent to an activating group) is 1. The summed E-state index contributed by atoms with van der Waals surface area (Å²) < 4.78 is 1.92. The molecule has 0 radical (unpaired) electrons. The summed E-state index contributed by atoms with van der Waals surface area (Å²) in [7, 11) is 2.07. The third-order valence-electron chi connectivity index (χ3n) is 5.03. The van der Waals surface area contributed by atoms with Gasteiger partial charge in [-0.25, -0.2) is 4.98 Å². The van der Waals surface area contributed by atoms with E-state index in [0.717, 1.165) is 39.0 Å². The Labute approximate surface area is 143 Å². The minimum absolute atomic E-state index is 0.0947. The number of nitrogens with zero attached hydrogens (tertiary/aromatic N) is 5. The maximum Gasteiger partial charge on any atom is 0.274 e. The minimum Gasteiger partial charge on any atom is -0.338 e. The van der Waals surface area contributed by atoms with Crippen LogP contribution in [0, 0.1) is 0 Å². The fourth-order valence-corrected chi connectivity index (χ4v) is 3.38. The number of likely N-dealkylation sites (tertiary alicyclic amines) is 1.